The van der Waals surface area contributed by atoms with Crippen molar-refractivity contribution >= 4 is 54.2 Å². The SMILES string of the molecule is CS(=O)(=O)N1CCCC1C(=O)N(CC1CCCO1)c1nc2ccc(Cl)cc2s1. The van der Waals surface area contributed by atoms with E-state index in [-0.39, 0.29) is 12.0 Å². The number of sulfonamides is 1. The first-order valence-electron chi connectivity index (χ1n) is 9.29. The van der Waals surface area contributed by atoms with E-state index >= 15 is 0 Å². The summed E-state index contributed by atoms with van der Waals surface area (Å²) in [6.07, 6.45) is 4.12. The highest BCUT2D eigenvalue weighted by molar-refractivity contribution is 7.88. The number of fused-ring (bicyclic) bond motifs is 1. The Balaban J connectivity index is 1.68. The molecule has 1 amide bonds. The van der Waals surface area contributed by atoms with Crippen molar-refractivity contribution in [3.8, 4) is 0 Å². The lowest BCUT2D eigenvalue weighted by molar-refractivity contribution is -0.122. The van der Waals surface area contributed by atoms with Crippen molar-refractivity contribution < 1.29 is 17.9 Å². The first-order valence-corrected chi connectivity index (χ1v) is 12.3. The van der Waals surface area contributed by atoms with Gasteiger partial charge in [0.15, 0.2) is 5.13 Å². The Bertz CT molecular complexity index is 988. The van der Waals surface area contributed by atoms with E-state index in [1.807, 2.05) is 12.1 Å². The number of carbonyl (C=O) groups is 1. The van der Waals surface area contributed by atoms with Gasteiger partial charge in [-0.15, -0.1) is 0 Å². The molecule has 0 saturated carbocycles. The van der Waals surface area contributed by atoms with Gasteiger partial charge >= 0.3 is 0 Å². The Morgan fingerprint density at radius 1 is 1.39 bits per heavy atom. The van der Waals surface area contributed by atoms with Gasteiger partial charge in [-0.3, -0.25) is 9.69 Å². The van der Waals surface area contributed by atoms with E-state index in [1.165, 1.54) is 15.6 Å². The standard InChI is InChI=1S/C18H22ClN3O4S2/c1-28(24,25)22-8-2-5-15(22)17(23)21(11-13-4-3-9-26-13)18-20-14-7-6-12(19)10-16(14)27-18/h6-7,10,13,15H,2-5,8-9,11H2,1H3. The van der Waals surface area contributed by atoms with E-state index < -0.39 is 16.1 Å². The van der Waals surface area contributed by atoms with E-state index in [0.717, 1.165) is 29.3 Å². The van der Waals surface area contributed by atoms with Gasteiger partial charge in [-0.1, -0.05) is 22.9 Å². The number of hydrogen-bond acceptors (Lipinski definition) is 6. The number of ether oxygens (including phenoxy) is 1. The van der Waals surface area contributed by atoms with Crippen LogP contribution in [-0.2, 0) is 19.6 Å². The van der Waals surface area contributed by atoms with Crippen LogP contribution in [0.15, 0.2) is 18.2 Å². The molecule has 2 aliphatic heterocycles. The Morgan fingerprint density at radius 2 is 2.21 bits per heavy atom. The third kappa shape index (κ3) is 4.04. The molecule has 2 unspecified atom stereocenters. The van der Waals surface area contributed by atoms with Gasteiger partial charge in [-0.05, 0) is 43.9 Å². The minimum absolute atomic E-state index is 0.0624. The van der Waals surface area contributed by atoms with Gasteiger partial charge < -0.3 is 4.74 Å². The normalized spacial score (nSPS) is 23.5. The molecule has 0 N–H and O–H groups in total. The smallest absolute Gasteiger partial charge is 0.247 e. The molecule has 2 atom stereocenters. The van der Waals surface area contributed by atoms with Crippen LogP contribution in [0.25, 0.3) is 10.2 Å². The average molecular weight is 444 g/mol. The number of hydrogen-bond donors (Lipinski definition) is 0. The number of rotatable bonds is 5. The molecule has 4 rings (SSSR count). The number of benzene rings is 1. The summed E-state index contributed by atoms with van der Waals surface area (Å²) in [5.41, 5.74) is 0.765. The molecule has 0 radical (unpaired) electrons. The van der Waals surface area contributed by atoms with Crippen molar-refractivity contribution in [2.24, 2.45) is 0 Å². The van der Waals surface area contributed by atoms with Crippen molar-refractivity contribution in [1.82, 2.24) is 9.29 Å². The van der Waals surface area contributed by atoms with E-state index in [0.29, 0.717) is 42.7 Å². The van der Waals surface area contributed by atoms with Gasteiger partial charge in [-0.2, -0.15) is 4.31 Å². The maximum atomic E-state index is 13.4. The van der Waals surface area contributed by atoms with E-state index in [4.69, 9.17) is 16.3 Å². The number of nitrogens with zero attached hydrogens (tertiary/aromatic N) is 3. The van der Waals surface area contributed by atoms with Gasteiger partial charge in [0.2, 0.25) is 15.9 Å². The minimum Gasteiger partial charge on any atom is -0.376 e. The molecule has 152 valence electrons. The molecule has 3 heterocycles. The summed E-state index contributed by atoms with van der Waals surface area (Å²) in [6.45, 7) is 1.43. The van der Waals surface area contributed by atoms with Crippen LogP contribution in [0, 0.1) is 0 Å². The highest BCUT2D eigenvalue weighted by Gasteiger charge is 2.40. The predicted octanol–water partition coefficient (Wildman–Crippen LogP) is 2.89. The second-order valence-electron chi connectivity index (χ2n) is 7.22. The molecule has 2 aliphatic rings. The first-order chi connectivity index (χ1) is 13.3. The molecule has 2 aromatic rings. The summed E-state index contributed by atoms with van der Waals surface area (Å²) in [6, 6.07) is 4.73. The molecule has 7 nitrogen and oxygen atoms in total. The first kappa shape index (κ1) is 20.0. The lowest BCUT2D eigenvalue weighted by Crippen LogP contribution is -2.49. The molecule has 0 aliphatic carbocycles. The van der Waals surface area contributed by atoms with Gasteiger partial charge in [0.05, 0.1) is 29.1 Å². The van der Waals surface area contributed by atoms with Crippen LogP contribution in [0.4, 0.5) is 5.13 Å². The molecule has 0 bridgehead atoms. The summed E-state index contributed by atoms with van der Waals surface area (Å²) in [4.78, 5) is 19.7. The zero-order chi connectivity index (χ0) is 19.9. The Morgan fingerprint density at radius 3 is 2.93 bits per heavy atom. The van der Waals surface area contributed by atoms with Crippen LogP contribution < -0.4 is 4.90 Å². The Kier molecular flexibility index (Phi) is 5.63. The Labute approximate surface area is 173 Å². The van der Waals surface area contributed by atoms with Crippen LogP contribution in [0.1, 0.15) is 25.7 Å². The monoisotopic (exact) mass is 443 g/mol. The number of amides is 1. The molecule has 1 aromatic carbocycles. The maximum Gasteiger partial charge on any atom is 0.247 e. The number of anilines is 1. The van der Waals surface area contributed by atoms with Crippen molar-refractivity contribution in [2.75, 3.05) is 30.9 Å². The quantitative estimate of drug-likeness (QED) is 0.709. The van der Waals surface area contributed by atoms with Crippen molar-refractivity contribution in [3.63, 3.8) is 0 Å². The largest absolute Gasteiger partial charge is 0.376 e. The zero-order valence-corrected chi connectivity index (χ0v) is 17.9. The van der Waals surface area contributed by atoms with Gasteiger partial charge in [0.25, 0.3) is 0 Å². The fourth-order valence-corrected chi connectivity index (χ4v) is 6.19. The van der Waals surface area contributed by atoms with Crippen LogP contribution in [0.2, 0.25) is 5.02 Å². The molecular formula is C18H22ClN3O4S2. The summed E-state index contributed by atoms with van der Waals surface area (Å²) in [5, 5.41) is 1.16. The molecule has 2 fully saturated rings. The number of aromatic nitrogens is 1. The predicted molar refractivity (Wildman–Crippen MR) is 111 cm³/mol. The second-order valence-corrected chi connectivity index (χ2v) is 10.6. The van der Waals surface area contributed by atoms with Crippen LogP contribution in [0.5, 0.6) is 0 Å². The van der Waals surface area contributed by atoms with Gasteiger partial charge in [-0.25, -0.2) is 13.4 Å². The fraction of sp³-hybridized carbons (Fsp3) is 0.556. The number of thiazole rings is 1. The van der Waals surface area contributed by atoms with Crippen LogP contribution in [0.3, 0.4) is 0 Å². The summed E-state index contributed by atoms with van der Waals surface area (Å²) < 4.78 is 32.2. The van der Waals surface area contributed by atoms with E-state index in [1.54, 1.807) is 11.0 Å². The third-order valence-corrected chi connectivity index (χ3v) is 7.73. The third-order valence-electron chi connectivity index (χ3n) is 5.16. The van der Waals surface area contributed by atoms with Gasteiger partial charge in [0.1, 0.15) is 6.04 Å². The zero-order valence-electron chi connectivity index (χ0n) is 15.5. The molecule has 0 spiro atoms. The van der Waals surface area contributed by atoms with Crippen LogP contribution in [-0.4, -0.2) is 61.7 Å². The average Bonchev–Trinajstić information content (AvgIpc) is 3.37. The summed E-state index contributed by atoms with van der Waals surface area (Å²) in [7, 11) is -3.45. The van der Waals surface area contributed by atoms with Crippen molar-refractivity contribution in [3.05, 3.63) is 23.2 Å². The van der Waals surface area contributed by atoms with E-state index in [9.17, 15) is 13.2 Å². The van der Waals surface area contributed by atoms with Crippen molar-refractivity contribution in [2.45, 2.75) is 37.8 Å². The summed E-state index contributed by atoms with van der Waals surface area (Å²) in [5.74, 6) is -0.233. The molecule has 10 heteroatoms. The molecule has 28 heavy (non-hydrogen) atoms. The fourth-order valence-electron chi connectivity index (χ4n) is 3.82. The minimum atomic E-state index is -3.45. The lowest BCUT2D eigenvalue weighted by Gasteiger charge is -2.29. The molecule has 2 saturated heterocycles. The molecular weight excluding hydrogens is 422 g/mol. The van der Waals surface area contributed by atoms with Crippen molar-refractivity contribution in [1.29, 1.82) is 0 Å². The second kappa shape index (κ2) is 7.87. The number of halogens is 1. The maximum absolute atomic E-state index is 13.4. The Hall–Kier alpha value is -1.26. The number of carbonyl (C=O) groups excluding carboxylic acids is 1. The van der Waals surface area contributed by atoms with E-state index in [2.05, 4.69) is 4.98 Å². The summed E-state index contributed by atoms with van der Waals surface area (Å²) >= 11 is 7.47. The highest BCUT2D eigenvalue weighted by Crippen LogP contribution is 2.33. The topological polar surface area (TPSA) is 79.8 Å². The highest BCUT2D eigenvalue weighted by atomic mass is 35.5. The van der Waals surface area contributed by atoms with Crippen LogP contribution >= 0.6 is 22.9 Å². The van der Waals surface area contributed by atoms with Gasteiger partial charge in [0, 0.05) is 18.2 Å². The lowest BCUT2D eigenvalue weighted by atomic mass is 10.2. The molecule has 1 aromatic heterocycles.